The van der Waals surface area contributed by atoms with Gasteiger partial charge in [-0.15, -0.1) is 0 Å². The van der Waals surface area contributed by atoms with Gasteiger partial charge in [0.25, 0.3) is 5.56 Å². The molecule has 0 radical (unpaired) electrons. The zero-order chi connectivity index (χ0) is 22.5. The smallest absolute Gasteiger partial charge is 0.252 e. The van der Waals surface area contributed by atoms with Crippen molar-refractivity contribution in [2.75, 3.05) is 0 Å². The lowest BCUT2D eigenvalue weighted by Crippen LogP contribution is -2.43. The second-order valence-electron chi connectivity index (χ2n) is 7.93. The zero-order valence-electron chi connectivity index (χ0n) is 17.0. The number of hydrogen-bond acceptors (Lipinski definition) is 5. The molecule has 9 heteroatoms. The van der Waals surface area contributed by atoms with Gasteiger partial charge in [-0.2, -0.15) is 5.26 Å². The van der Waals surface area contributed by atoms with Crippen molar-refractivity contribution in [2.24, 2.45) is 0 Å². The van der Waals surface area contributed by atoms with Crippen molar-refractivity contribution in [3.05, 3.63) is 68.8 Å². The first-order chi connectivity index (χ1) is 14.6. The molecule has 0 spiro atoms. The standard InChI is InChI=1S/C22H18F2N4O3/c1-10-12(21(30)27-14-4-5-26-15(9-25)18(10)14)8-17(29)28-20-19-13(24)6-11(23)7-16(19)31-22(20,2)3/h4-7,20H,8H2,1-3H3,(H,27,30)(H,28,29)/t20-/m0/s1. The summed E-state index contributed by atoms with van der Waals surface area (Å²) in [4.78, 5) is 32.1. The van der Waals surface area contributed by atoms with E-state index in [1.165, 1.54) is 6.20 Å². The van der Waals surface area contributed by atoms with E-state index in [1.807, 2.05) is 6.07 Å². The molecule has 1 aromatic carbocycles. The molecule has 1 aliphatic rings. The Hall–Kier alpha value is -3.80. The second kappa shape index (κ2) is 7.16. The summed E-state index contributed by atoms with van der Waals surface area (Å²) in [7, 11) is 0. The summed E-state index contributed by atoms with van der Waals surface area (Å²) in [6.45, 7) is 4.94. The molecule has 0 saturated carbocycles. The topological polar surface area (TPSA) is 108 Å². The van der Waals surface area contributed by atoms with Gasteiger partial charge in [0.2, 0.25) is 5.91 Å². The molecule has 2 aromatic heterocycles. The van der Waals surface area contributed by atoms with E-state index in [1.54, 1.807) is 26.8 Å². The largest absolute Gasteiger partial charge is 0.485 e. The van der Waals surface area contributed by atoms with Gasteiger partial charge in [-0.1, -0.05) is 0 Å². The van der Waals surface area contributed by atoms with Crippen molar-refractivity contribution in [3.63, 3.8) is 0 Å². The average Bonchev–Trinajstić information content (AvgIpc) is 2.93. The molecule has 4 rings (SSSR count). The Bertz CT molecular complexity index is 1340. The number of benzene rings is 1. The second-order valence-corrected chi connectivity index (χ2v) is 7.93. The van der Waals surface area contributed by atoms with Crippen LogP contribution in [0.15, 0.2) is 29.2 Å². The van der Waals surface area contributed by atoms with Crippen molar-refractivity contribution >= 4 is 16.8 Å². The van der Waals surface area contributed by atoms with E-state index in [0.717, 1.165) is 12.1 Å². The number of carbonyl (C=O) groups is 1. The molecule has 31 heavy (non-hydrogen) atoms. The molecule has 3 heterocycles. The Labute approximate surface area is 175 Å². The van der Waals surface area contributed by atoms with Crippen LogP contribution in [-0.4, -0.2) is 21.5 Å². The summed E-state index contributed by atoms with van der Waals surface area (Å²) in [5.41, 5.74) is -0.223. The van der Waals surface area contributed by atoms with Gasteiger partial charge in [0, 0.05) is 29.3 Å². The summed E-state index contributed by atoms with van der Waals surface area (Å²) in [6, 6.07) is 4.48. The van der Waals surface area contributed by atoms with Crippen LogP contribution in [0.1, 0.15) is 42.3 Å². The maximum Gasteiger partial charge on any atom is 0.252 e. The van der Waals surface area contributed by atoms with Crippen LogP contribution < -0.4 is 15.6 Å². The molecule has 0 fully saturated rings. The maximum absolute atomic E-state index is 14.4. The third kappa shape index (κ3) is 3.40. The lowest BCUT2D eigenvalue weighted by Gasteiger charge is -2.27. The summed E-state index contributed by atoms with van der Waals surface area (Å²) in [5.74, 6) is -2.12. The molecule has 3 aromatic rings. The van der Waals surface area contributed by atoms with E-state index in [4.69, 9.17) is 4.74 Å². The molecule has 1 amide bonds. The minimum atomic E-state index is -1.03. The van der Waals surface area contributed by atoms with E-state index in [0.29, 0.717) is 16.5 Å². The van der Waals surface area contributed by atoms with Crippen molar-refractivity contribution in [2.45, 2.75) is 38.8 Å². The zero-order valence-corrected chi connectivity index (χ0v) is 17.0. The fourth-order valence-electron chi connectivity index (χ4n) is 4.00. The number of aromatic nitrogens is 2. The summed E-state index contributed by atoms with van der Waals surface area (Å²) in [6.07, 6.45) is 1.11. The van der Waals surface area contributed by atoms with Gasteiger partial charge in [-0.25, -0.2) is 13.8 Å². The average molecular weight is 424 g/mol. The molecule has 1 aliphatic heterocycles. The van der Waals surface area contributed by atoms with Crippen molar-refractivity contribution < 1.29 is 18.3 Å². The highest BCUT2D eigenvalue weighted by atomic mass is 19.1. The number of ether oxygens (including phenoxy) is 1. The highest BCUT2D eigenvalue weighted by molar-refractivity contribution is 5.88. The third-order valence-electron chi connectivity index (χ3n) is 5.46. The minimum Gasteiger partial charge on any atom is -0.485 e. The number of halogens is 2. The third-order valence-corrected chi connectivity index (χ3v) is 5.46. The van der Waals surface area contributed by atoms with Crippen molar-refractivity contribution in [1.82, 2.24) is 15.3 Å². The Morgan fingerprint density at radius 1 is 1.39 bits per heavy atom. The lowest BCUT2D eigenvalue weighted by molar-refractivity contribution is -0.122. The van der Waals surface area contributed by atoms with Crippen LogP contribution >= 0.6 is 0 Å². The molecule has 1 atom stereocenters. The Kier molecular flexibility index (Phi) is 4.73. The SMILES string of the molecule is Cc1c(CC(=O)N[C@H]2c3c(F)cc(F)cc3OC2(C)C)c(=O)[nH]c2ccnc(C#N)c12. The molecule has 0 unspecified atom stereocenters. The number of aromatic amines is 1. The van der Waals surface area contributed by atoms with Gasteiger partial charge in [-0.05, 0) is 32.4 Å². The van der Waals surface area contributed by atoms with Crippen LogP contribution in [0.4, 0.5) is 8.78 Å². The molecule has 2 N–H and O–H groups in total. The van der Waals surface area contributed by atoms with E-state index in [2.05, 4.69) is 15.3 Å². The van der Waals surface area contributed by atoms with Gasteiger partial charge < -0.3 is 15.0 Å². The normalized spacial score (nSPS) is 16.5. The van der Waals surface area contributed by atoms with Gasteiger partial charge in [-0.3, -0.25) is 9.59 Å². The molecule has 0 aliphatic carbocycles. The van der Waals surface area contributed by atoms with Crippen LogP contribution in [0, 0.1) is 29.9 Å². The van der Waals surface area contributed by atoms with Gasteiger partial charge in [0.15, 0.2) is 0 Å². The number of carbonyl (C=O) groups excluding carboxylic acids is 1. The van der Waals surface area contributed by atoms with E-state index in [9.17, 15) is 23.6 Å². The van der Waals surface area contributed by atoms with Gasteiger partial charge >= 0.3 is 0 Å². The van der Waals surface area contributed by atoms with Crippen LogP contribution in [0.5, 0.6) is 5.75 Å². The monoisotopic (exact) mass is 424 g/mol. The quantitative estimate of drug-likeness (QED) is 0.672. The number of hydrogen-bond donors (Lipinski definition) is 2. The van der Waals surface area contributed by atoms with Crippen molar-refractivity contribution in [1.29, 1.82) is 5.26 Å². The number of aryl methyl sites for hydroxylation is 1. The van der Waals surface area contributed by atoms with Gasteiger partial charge in [0.1, 0.15) is 34.7 Å². The summed E-state index contributed by atoms with van der Waals surface area (Å²) < 4.78 is 33.6. The van der Waals surface area contributed by atoms with E-state index in [-0.39, 0.29) is 29.0 Å². The molecular formula is C22H18F2N4O3. The van der Waals surface area contributed by atoms with Gasteiger partial charge in [0.05, 0.1) is 23.5 Å². The predicted molar refractivity (Wildman–Crippen MR) is 107 cm³/mol. The van der Waals surface area contributed by atoms with Crippen LogP contribution in [-0.2, 0) is 11.2 Å². The molecule has 158 valence electrons. The number of amides is 1. The fourth-order valence-corrected chi connectivity index (χ4v) is 4.00. The number of H-pyrrole nitrogens is 1. The van der Waals surface area contributed by atoms with Crippen molar-refractivity contribution in [3.8, 4) is 11.8 Å². The van der Waals surface area contributed by atoms with E-state index < -0.39 is 34.7 Å². The number of nitrogens with one attached hydrogen (secondary N) is 2. The number of fused-ring (bicyclic) bond motifs is 2. The first-order valence-electron chi connectivity index (χ1n) is 9.50. The summed E-state index contributed by atoms with van der Waals surface area (Å²) in [5, 5.41) is 12.5. The van der Waals surface area contributed by atoms with E-state index >= 15 is 0 Å². The lowest BCUT2D eigenvalue weighted by atomic mass is 9.93. The Morgan fingerprint density at radius 3 is 2.84 bits per heavy atom. The summed E-state index contributed by atoms with van der Waals surface area (Å²) >= 11 is 0. The molecule has 0 saturated heterocycles. The number of nitrogens with zero attached hydrogens (tertiary/aromatic N) is 2. The predicted octanol–water partition coefficient (Wildman–Crippen LogP) is 2.95. The first-order valence-corrected chi connectivity index (χ1v) is 9.50. The first kappa shape index (κ1) is 20.5. The number of pyridine rings is 2. The number of rotatable bonds is 3. The van der Waals surface area contributed by atoms with Crippen LogP contribution in [0.25, 0.3) is 10.9 Å². The van der Waals surface area contributed by atoms with Crippen LogP contribution in [0.2, 0.25) is 0 Å². The van der Waals surface area contributed by atoms with Crippen LogP contribution in [0.3, 0.4) is 0 Å². The number of nitriles is 1. The highest BCUT2D eigenvalue weighted by Gasteiger charge is 2.44. The molecular weight excluding hydrogens is 406 g/mol. The Morgan fingerprint density at radius 2 is 2.13 bits per heavy atom. The fraction of sp³-hybridized carbons (Fsp3) is 0.273. The molecule has 7 nitrogen and oxygen atoms in total. The Balaban J connectivity index is 1.69. The maximum atomic E-state index is 14.4. The highest BCUT2D eigenvalue weighted by Crippen LogP contribution is 2.44. The molecule has 0 bridgehead atoms. The minimum absolute atomic E-state index is 0.0252.